The van der Waals surface area contributed by atoms with Gasteiger partial charge in [-0.25, -0.2) is 0 Å². The number of aryl methyl sites for hydroxylation is 2. The van der Waals surface area contributed by atoms with Crippen LogP contribution >= 0.6 is 0 Å². The Balaban J connectivity index is 1.43. The van der Waals surface area contributed by atoms with E-state index < -0.39 is 0 Å². The van der Waals surface area contributed by atoms with Gasteiger partial charge in [0.15, 0.2) is 0 Å². The number of nitrogens with zero attached hydrogens (tertiary/aromatic N) is 1. The third-order valence-electron chi connectivity index (χ3n) is 5.42. The molecule has 1 heterocycles. The van der Waals surface area contributed by atoms with Crippen LogP contribution in [0.25, 0.3) is 5.69 Å². The lowest BCUT2D eigenvalue weighted by atomic mass is 9.98. The minimum atomic E-state index is -0.0104. The van der Waals surface area contributed by atoms with E-state index in [0.29, 0.717) is 12.1 Å². The minimum Gasteiger partial charge on any atom is -0.352 e. The van der Waals surface area contributed by atoms with Gasteiger partial charge < -0.3 is 9.88 Å². The van der Waals surface area contributed by atoms with Gasteiger partial charge in [0.2, 0.25) is 0 Å². The first-order valence-electron chi connectivity index (χ1n) is 9.85. The van der Waals surface area contributed by atoms with Crippen LogP contribution in [0.2, 0.25) is 0 Å². The van der Waals surface area contributed by atoms with Crippen LogP contribution in [0.5, 0.6) is 0 Å². The van der Waals surface area contributed by atoms with Crippen LogP contribution in [-0.2, 0) is 19.3 Å². The summed E-state index contributed by atoms with van der Waals surface area (Å²) in [6.07, 6.45) is 5.73. The molecule has 0 spiro atoms. The van der Waals surface area contributed by atoms with E-state index in [1.165, 1.54) is 41.8 Å². The number of rotatable bonds is 5. The second-order valence-corrected chi connectivity index (χ2v) is 7.34. The van der Waals surface area contributed by atoms with Gasteiger partial charge in [0.25, 0.3) is 5.91 Å². The maximum atomic E-state index is 12.4. The van der Waals surface area contributed by atoms with E-state index in [2.05, 4.69) is 47.1 Å². The van der Waals surface area contributed by atoms with Gasteiger partial charge in [0, 0.05) is 29.2 Å². The lowest BCUT2D eigenvalue weighted by Crippen LogP contribution is -2.25. The van der Waals surface area contributed by atoms with Crippen molar-refractivity contribution < 1.29 is 4.79 Å². The van der Waals surface area contributed by atoms with Gasteiger partial charge in [-0.2, -0.15) is 0 Å². The molecule has 0 saturated heterocycles. The molecule has 27 heavy (non-hydrogen) atoms. The predicted octanol–water partition coefficient (Wildman–Crippen LogP) is 4.64. The summed E-state index contributed by atoms with van der Waals surface area (Å²) in [5.41, 5.74) is 7.31. The first-order valence-corrected chi connectivity index (χ1v) is 9.85. The monoisotopic (exact) mass is 358 g/mol. The Morgan fingerprint density at radius 2 is 1.74 bits per heavy atom. The average Bonchev–Trinajstić information content (AvgIpc) is 3.04. The molecule has 4 rings (SSSR count). The maximum Gasteiger partial charge on any atom is 0.251 e. The van der Waals surface area contributed by atoms with Crippen molar-refractivity contribution >= 4 is 5.91 Å². The molecule has 1 aromatic heterocycles. The molecule has 3 heteroatoms. The normalized spacial score (nSPS) is 13.2. The van der Waals surface area contributed by atoms with Crippen LogP contribution in [0.3, 0.4) is 0 Å². The molecule has 3 nitrogen and oxygen atoms in total. The van der Waals surface area contributed by atoms with Crippen molar-refractivity contribution in [2.75, 3.05) is 6.54 Å². The highest BCUT2D eigenvalue weighted by atomic mass is 16.1. The number of benzene rings is 2. The van der Waals surface area contributed by atoms with Crippen molar-refractivity contribution in [3.8, 4) is 5.69 Å². The molecule has 0 aliphatic heterocycles. The third-order valence-corrected chi connectivity index (χ3v) is 5.42. The van der Waals surface area contributed by atoms with E-state index >= 15 is 0 Å². The van der Waals surface area contributed by atoms with Gasteiger partial charge in [-0.15, -0.1) is 0 Å². The molecule has 2 aromatic carbocycles. The second-order valence-electron chi connectivity index (χ2n) is 7.34. The minimum absolute atomic E-state index is 0.0104. The predicted molar refractivity (Wildman–Crippen MR) is 110 cm³/mol. The highest BCUT2D eigenvalue weighted by molar-refractivity contribution is 5.94. The SMILES string of the molecule is Cc1cc2c(n1-c1ccc(C(=O)NCCc3ccccc3)cc1)CCCC2. The molecule has 0 bridgehead atoms. The molecule has 3 aromatic rings. The Morgan fingerprint density at radius 1 is 1.00 bits per heavy atom. The number of aromatic nitrogens is 1. The Kier molecular flexibility index (Phi) is 5.10. The first-order chi connectivity index (χ1) is 13.2. The number of fused-ring (bicyclic) bond motifs is 1. The van der Waals surface area contributed by atoms with E-state index in [9.17, 15) is 4.79 Å². The largest absolute Gasteiger partial charge is 0.352 e. The average molecular weight is 358 g/mol. The van der Waals surface area contributed by atoms with Gasteiger partial charge in [0.05, 0.1) is 0 Å². The molecule has 1 N–H and O–H groups in total. The molecular weight excluding hydrogens is 332 g/mol. The van der Waals surface area contributed by atoms with Gasteiger partial charge in [0.1, 0.15) is 0 Å². The van der Waals surface area contributed by atoms with Gasteiger partial charge >= 0.3 is 0 Å². The molecule has 0 unspecified atom stereocenters. The Bertz CT molecular complexity index is 923. The van der Waals surface area contributed by atoms with Crippen molar-refractivity contribution in [2.24, 2.45) is 0 Å². The highest BCUT2D eigenvalue weighted by Crippen LogP contribution is 2.28. The summed E-state index contributed by atoms with van der Waals surface area (Å²) in [6, 6.07) is 20.5. The number of hydrogen-bond donors (Lipinski definition) is 1. The van der Waals surface area contributed by atoms with Crippen molar-refractivity contribution in [1.82, 2.24) is 9.88 Å². The number of carbonyl (C=O) groups is 1. The first kappa shape index (κ1) is 17.6. The molecule has 1 aliphatic rings. The van der Waals surface area contributed by atoms with Gasteiger partial charge in [-0.05, 0) is 80.5 Å². The number of carbonyl (C=O) groups excluding carboxylic acids is 1. The third kappa shape index (κ3) is 3.82. The summed E-state index contributed by atoms with van der Waals surface area (Å²) in [5.74, 6) is -0.0104. The van der Waals surface area contributed by atoms with Crippen molar-refractivity contribution in [3.63, 3.8) is 0 Å². The molecule has 1 amide bonds. The Hall–Kier alpha value is -2.81. The number of amides is 1. The van der Waals surface area contributed by atoms with Crippen LogP contribution < -0.4 is 5.32 Å². The lowest BCUT2D eigenvalue weighted by molar-refractivity contribution is 0.0954. The van der Waals surface area contributed by atoms with Crippen LogP contribution in [0, 0.1) is 6.92 Å². The van der Waals surface area contributed by atoms with Gasteiger partial charge in [-0.3, -0.25) is 4.79 Å². The fourth-order valence-electron chi connectivity index (χ4n) is 4.04. The number of hydrogen-bond acceptors (Lipinski definition) is 1. The van der Waals surface area contributed by atoms with E-state index in [4.69, 9.17) is 0 Å². The summed E-state index contributed by atoms with van der Waals surface area (Å²) >= 11 is 0. The van der Waals surface area contributed by atoms with E-state index in [1.807, 2.05) is 30.3 Å². The standard InChI is InChI=1S/C24H26N2O/c1-18-17-21-9-5-6-10-23(21)26(18)22-13-11-20(12-14-22)24(27)25-16-15-19-7-3-2-4-8-19/h2-4,7-8,11-14,17H,5-6,9-10,15-16H2,1H3,(H,25,27). The zero-order valence-corrected chi connectivity index (χ0v) is 15.9. The Morgan fingerprint density at radius 3 is 2.52 bits per heavy atom. The zero-order valence-electron chi connectivity index (χ0n) is 15.9. The van der Waals surface area contributed by atoms with E-state index in [-0.39, 0.29) is 5.91 Å². The summed E-state index contributed by atoms with van der Waals surface area (Å²) in [4.78, 5) is 12.4. The molecule has 138 valence electrons. The van der Waals surface area contributed by atoms with Crippen LogP contribution in [0.15, 0.2) is 60.7 Å². The van der Waals surface area contributed by atoms with Crippen molar-refractivity contribution in [1.29, 1.82) is 0 Å². The highest BCUT2D eigenvalue weighted by Gasteiger charge is 2.17. The molecule has 0 saturated carbocycles. The topological polar surface area (TPSA) is 34.0 Å². The van der Waals surface area contributed by atoms with Crippen molar-refractivity contribution in [2.45, 2.75) is 39.0 Å². The summed E-state index contributed by atoms with van der Waals surface area (Å²) in [7, 11) is 0. The summed E-state index contributed by atoms with van der Waals surface area (Å²) in [6.45, 7) is 2.82. The summed E-state index contributed by atoms with van der Waals surface area (Å²) in [5, 5.41) is 3.02. The molecule has 1 aliphatic carbocycles. The van der Waals surface area contributed by atoms with Gasteiger partial charge in [-0.1, -0.05) is 30.3 Å². The fraction of sp³-hybridized carbons (Fsp3) is 0.292. The molecular formula is C24H26N2O. The molecule has 0 fully saturated rings. The fourth-order valence-corrected chi connectivity index (χ4v) is 4.04. The smallest absolute Gasteiger partial charge is 0.251 e. The second kappa shape index (κ2) is 7.83. The van der Waals surface area contributed by atoms with Crippen molar-refractivity contribution in [3.05, 3.63) is 88.7 Å². The zero-order chi connectivity index (χ0) is 18.6. The summed E-state index contributed by atoms with van der Waals surface area (Å²) < 4.78 is 2.35. The van der Waals surface area contributed by atoms with E-state index in [1.54, 1.807) is 0 Å². The lowest BCUT2D eigenvalue weighted by Gasteiger charge is -2.17. The quantitative estimate of drug-likeness (QED) is 0.708. The number of nitrogens with one attached hydrogen (secondary N) is 1. The van der Waals surface area contributed by atoms with Crippen LogP contribution in [-0.4, -0.2) is 17.0 Å². The van der Waals surface area contributed by atoms with E-state index in [0.717, 1.165) is 18.5 Å². The molecule has 0 atom stereocenters. The Labute approximate surface area is 161 Å². The maximum absolute atomic E-state index is 12.4. The van der Waals surface area contributed by atoms with Crippen LogP contribution in [0.1, 0.15) is 45.7 Å². The van der Waals surface area contributed by atoms with Crippen LogP contribution in [0.4, 0.5) is 0 Å². The molecule has 0 radical (unpaired) electrons.